The van der Waals surface area contributed by atoms with Crippen LogP contribution in [0.5, 0.6) is 0 Å². The first-order chi connectivity index (χ1) is 9.31. The lowest BCUT2D eigenvalue weighted by Gasteiger charge is -2.31. The fourth-order valence-corrected chi connectivity index (χ4v) is 3.40. The molecule has 1 aliphatic heterocycles. The Hall–Kier alpha value is -0.870. The number of nitrogens with zero attached hydrogens (tertiary/aromatic N) is 3. The van der Waals surface area contributed by atoms with E-state index in [2.05, 4.69) is 34.1 Å². The molecule has 0 aromatic carbocycles. The van der Waals surface area contributed by atoms with Gasteiger partial charge < -0.3 is 5.32 Å². The molecular formula is C15H26N4. The highest BCUT2D eigenvalue weighted by Gasteiger charge is 2.18. The molecule has 1 aliphatic carbocycles. The van der Waals surface area contributed by atoms with E-state index >= 15 is 0 Å². The van der Waals surface area contributed by atoms with Crippen molar-refractivity contribution in [1.82, 2.24) is 20.0 Å². The van der Waals surface area contributed by atoms with E-state index in [1.807, 2.05) is 0 Å². The van der Waals surface area contributed by atoms with Crippen LogP contribution in [0.2, 0.25) is 0 Å². The van der Waals surface area contributed by atoms with Crippen LogP contribution in [0.3, 0.4) is 0 Å². The van der Waals surface area contributed by atoms with Gasteiger partial charge in [0.15, 0.2) is 0 Å². The summed E-state index contributed by atoms with van der Waals surface area (Å²) in [4.78, 5) is 2.51. The Bertz CT molecular complexity index is 395. The van der Waals surface area contributed by atoms with Gasteiger partial charge in [0.25, 0.3) is 0 Å². The van der Waals surface area contributed by atoms with Crippen LogP contribution >= 0.6 is 0 Å². The van der Waals surface area contributed by atoms with E-state index in [-0.39, 0.29) is 0 Å². The van der Waals surface area contributed by atoms with Crippen LogP contribution in [0.25, 0.3) is 0 Å². The molecule has 0 spiro atoms. The maximum absolute atomic E-state index is 4.81. The molecule has 19 heavy (non-hydrogen) atoms. The van der Waals surface area contributed by atoms with E-state index in [1.54, 1.807) is 0 Å². The van der Waals surface area contributed by atoms with E-state index in [9.17, 15) is 0 Å². The third kappa shape index (κ3) is 3.37. The monoisotopic (exact) mass is 262 g/mol. The highest BCUT2D eigenvalue weighted by Crippen LogP contribution is 2.27. The van der Waals surface area contributed by atoms with Crippen LogP contribution in [0.1, 0.15) is 50.8 Å². The van der Waals surface area contributed by atoms with Crippen molar-refractivity contribution in [1.29, 1.82) is 0 Å². The van der Waals surface area contributed by atoms with Crippen LogP contribution in [-0.2, 0) is 6.54 Å². The largest absolute Gasteiger partial charge is 0.312 e. The molecule has 1 N–H and O–H groups in total. The Balaban J connectivity index is 1.58. The summed E-state index contributed by atoms with van der Waals surface area (Å²) in [5.41, 5.74) is 1.24. The van der Waals surface area contributed by atoms with Crippen molar-refractivity contribution in [3.8, 4) is 0 Å². The van der Waals surface area contributed by atoms with Gasteiger partial charge in [0.2, 0.25) is 0 Å². The molecule has 1 aromatic heterocycles. The number of hydrogen-bond donors (Lipinski definition) is 1. The molecule has 0 amide bonds. The van der Waals surface area contributed by atoms with Crippen molar-refractivity contribution in [2.45, 2.75) is 57.7 Å². The molecule has 0 bridgehead atoms. The Kier molecular flexibility index (Phi) is 4.18. The van der Waals surface area contributed by atoms with Gasteiger partial charge in [-0.3, -0.25) is 9.58 Å². The van der Waals surface area contributed by atoms with Crippen molar-refractivity contribution < 1.29 is 0 Å². The Labute approximate surface area is 116 Å². The second-order valence-corrected chi connectivity index (χ2v) is 6.17. The fourth-order valence-electron chi connectivity index (χ4n) is 3.40. The Morgan fingerprint density at radius 3 is 2.95 bits per heavy atom. The van der Waals surface area contributed by atoms with Crippen molar-refractivity contribution in [2.75, 3.05) is 19.6 Å². The maximum atomic E-state index is 4.81. The van der Waals surface area contributed by atoms with E-state index in [1.165, 1.54) is 37.8 Å². The van der Waals surface area contributed by atoms with Crippen molar-refractivity contribution >= 4 is 0 Å². The predicted octanol–water partition coefficient (Wildman–Crippen LogP) is 2.18. The Morgan fingerprint density at radius 1 is 1.32 bits per heavy atom. The molecular weight excluding hydrogens is 236 g/mol. The number of aromatic nitrogens is 2. The summed E-state index contributed by atoms with van der Waals surface area (Å²) < 4.78 is 2.22. The predicted molar refractivity (Wildman–Crippen MR) is 77.1 cm³/mol. The third-order valence-corrected chi connectivity index (χ3v) is 4.45. The summed E-state index contributed by atoms with van der Waals surface area (Å²) in [6, 6.07) is 3.47. The average Bonchev–Trinajstić information content (AvgIpc) is 2.88. The molecule has 1 aromatic rings. The van der Waals surface area contributed by atoms with Gasteiger partial charge in [-0.25, -0.2) is 0 Å². The first-order valence-electron chi connectivity index (χ1n) is 7.81. The van der Waals surface area contributed by atoms with Gasteiger partial charge in [-0.1, -0.05) is 19.3 Å². The summed E-state index contributed by atoms with van der Waals surface area (Å²) in [5.74, 6) is 0. The van der Waals surface area contributed by atoms with Crippen molar-refractivity contribution in [2.24, 2.45) is 0 Å². The van der Waals surface area contributed by atoms with E-state index in [0.29, 0.717) is 12.1 Å². The number of hydrogen-bond acceptors (Lipinski definition) is 3. The molecule has 1 atom stereocenters. The summed E-state index contributed by atoms with van der Waals surface area (Å²) in [6.07, 6.45) is 8.96. The molecule has 3 rings (SSSR count). The van der Waals surface area contributed by atoms with Gasteiger partial charge in [0, 0.05) is 38.4 Å². The van der Waals surface area contributed by atoms with Crippen LogP contribution in [0.15, 0.2) is 12.3 Å². The summed E-state index contributed by atoms with van der Waals surface area (Å²) in [6.45, 7) is 6.64. The SMILES string of the molecule is CC1CN(Cc2ccn(C3CCCCC3)n2)CCN1. The average molecular weight is 262 g/mol. The smallest absolute Gasteiger partial charge is 0.0764 e. The molecule has 1 unspecified atom stereocenters. The zero-order valence-electron chi connectivity index (χ0n) is 12.0. The minimum Gasteiger partial charge on any atom is -0.312 e. The minimum absolute atomic E-state index is 0.606. The molecule has 4 heteroatoms. The first kappa shape index (κ1) is 13.1. The van der Waals surface area contributed by atoms with Crippen LogP contribution in [0, 0.1) is 0 Å². The van der Waals surface area contributed by atoms with Gasteiger partial charge in [-0.05, 0) is 25.8 Å². The molecule has 4 nitrogen and oxygen atoms in total. The molecule has 1 saturated heterocycles. The topological polar surface area (TPSA) is 33.1 Å². The second kappa shape index (κ2) is 6.06. The second-order valence-electron chi connectivity index (χ2n) is 6.17. The molecule has 2 fully saturated rings. The lowest BCUT2D eigenvalue weighted by atomic mass is 9.96. The molecule has 0 radical (unpaired) electrons. The van der Waals surface area contributed by atoms with E-state index in [4.69, 9.17) is 5.10 Å². The minimum atomic E-state index is 0.606. The highest BCUT2D eigenvalue weighted by molar-refractivity contribution is 5.00. The molecule has 2 heterocycles. The summed E-state index contributed by atoms with van der Waals surface area (Å²) >= 11 is 0. The summed E-state index contributed by atoms with van der Waals surface area (Å²) in [5, 5.41) is 8.29. The third-order valence-electron chi connectivity index (χ3n) is 4.45. The fraction of sp³-hybridized carbons (Fsp3) is 0.800. The van der Waals surface area contributed by atoms with E-state index in [0.717, 1.165) is 26.2 Å². The normalized spacial score (nSPS) is 26.7. The maximum Gasteiger partial charge on any atom is 0.0764 e. The van der Waals surface area contributed by atoms with Gasteiger partial charge in [-0.2, -0.15) is 5.10 Å². The van der Waals surface area contributed by atoms with Crippen molar-refractivity contribution in [3.63, 3.8) is 0 Å². The number of nitrogens with one attached hydrogen (secondary N) is 1. The van der Waals surface area contributed by atoms with Gasteiger partial charge in [-0.15, -0.1) is 0 Å². The van der Waals surface area contributed by atoms with Gasteiger partial charge in [0.1, 0.15) is 0 Å². The van der Waals surface area contributed by atoms with Crippen molar-refractivity contribution in [3.05, 3.63) is 18.0 Å². The molecule has 1 saturated carbocycles. The highest BCUT2D eigenvalue weighted by atomic mass is 15.3. The zero-order valence-corrected chi connectivity index (χ0v) is 12.0. The summed E-state index contributed by atoms with van der Waals surface area (Å²) in [7, 11) is 0. The van der Waals surface area contributed by atoms with Gasteiger partial charge in [0.05, 0.1) is 11.7 Å². The first-order valence-corrected chi connectivity index (χ1v) is 7.81. The standard InChI is InChI=1S/C15H26N4/c1-13-11-18(10-8-16-13)12-14-7-9-19(17-14)15-5-3-2-4-6-15/h7,9,13,15-16H,2-6,8,10-12H2,1H3. The molecule has 2 aliphatic rings. The molecule has 106 valence electrons. The lowest BCUT2D eigenvalue weighted by Crippen LogP contribution is -2.48. The van der Waals surface area contributed by atoms with Crippen LogP contribution in [-0.4, -0.2) is 40.4 Å². The van der Waals surface area contributed by atoms with Gasteiger partial charge >= 0.3 is 0 Å². The van der Waals surface area contributed by atoms with Crippen LogP contribution < -0.4 is 5.32 Å². The van der Waals surface area contributed by atoms with Crippen LogP contribution in [0.4, 0.5) is 0 Å². The number of piperazine rings is 1. The lowest BCUT2D eigenvalue weighted by molar-refractivity contribution is 0.196. The zero-order chi connectivity index (χ0) is 13.1. The number of rotatable bonds is 3. The quantitative estimate of drug-likeness (QED) is 0.906. The van der Waals surface area contributed by atoms with E-state index < -0.39 is 0 Å². The Morgan fingerprint density at radius 2 is 2.16 bits per heavy atom.